The van der Waals surface area contributed by atoms with Crippen molar-refractivity contribution in [3.05, 3.63) is 54.2 Å². The number of halogens is 2. The zero-order valence-corrected chi connectivity index (χ0v) is 28.4. The predicted molar refractivity (Wildman–Crippen MR) is 170 cm³/mol. The molecule has 1 amide bonds. The lowest BCUT2D eigenvalue weighted by atomic mass is 10.2. The molecule has 3 aromatic rings. The number of amides is 1. The molecular formula is C33H46F2N6O6. The Hall–Kier alpha value is -4.20. The highest BCUT2D eigenvalue weighted by Gasteiger charge is 2.35. The van der Waals surface area contributed by atoms with E-state index < -0.39 is 11.6 Å². The minimum atomic E-state index is -0.411. The number of esters is 1. The van der Waals surface area contributed by atoms with E-state index >= 15 is 0 Å². The topological polar surface area (TPSA) is 133 Å². The van der Waals surface area contributed by atoms with Gasteiger partial charge >= 0.3 is 12.1 Å². The normalized spacial score (nSPS) is 16.8. The number of likely N-dealkylation sites (tertiary alicyclic amines) is 1. The second-order valence-corrected chi connectivity index (χ2v) is 12.7. The van der Waals surface area contributed by atoms with Gasteiger partial charge in [-0.25, -0.2) is 23.5 Å². The summed E-state index contributed by atoms with van der Waals surface area (Å²) in [6, 6.07) is 4.31. The van der Waals surface area contributed by atoms with Crippen molar-refractivity contribution in [2.24, 2.45) is 5.92 Å². The van der Waals surface area contributed by atoms with Crippen LogP contribution in [0, 0.1) is 17.6 Å². The molecule has 0 bridgehead atoms. The average molecular weight is 661 g/mol. The van der Waals surface area contributed by atoms with E-state index in [9.17, 15) is 18.4 Å². The third kappa shape index (κ3) is 12.5. The number of rotatable bonds is 7. The molecule has 2 aliphatic heterocycles. The number of benzene rings is 1. The molecule has 14 heteroatoms. The molecule has 47 heavy (non-hydrogen) atoms. The Kier molecular flexibility index (Phi) is 13.6. The molecule has 2 aliphatic rings. The molecule has 4 heterocycles. The second-order valence-electron chi connectivity index (χ2n) is 12.7. The fraction of sp³-hybridized carbons (Fsp3) is 0.576. The van der Waals surface area contributed by atoms with Crippen LogP contribution in [0.5, 0.6) is 0 Å². The molecule has 5 rings (SSSR count). The van der Waals surface area contributed by atoms with Gasteiger partial charge in [-0.3, -0.25) is 4.79 Å². The Morgan fingerprint density at radius 3 is 2.09 bits per heavy atom. The zero-order chi connectivity index (χ0) is 34.7. The fourth-order valence-corrected chi connectivity index (χ4v) is 4.37. The first-order valence-corrected chi connectivity index (χ1v) is 15.8. The van der Waals surface area contributed by atoms with Crippen LogP contribution in [0.1, 0.15) is 80.2 Å². The Bertz CT molecular complexity index is 1390. The van der Waals surface area contributed by atoms with E-state index in [1.807, 2.05) is 41.5 Å². The Labute approximate surface area is 274 Å². The summed E-state index contributed by atoms with van der Waals surface area (Å²) >= 11 is 0. The molecule has 2 saturated heterocycles. The summed E-state index contributed by atoms with van der Waals surface area (Å²) in [4.78, 5) is 39.5. The molecule has 2 unspecified atom stereocenters. The van der Waals surface area contributed by atoms with Crippen molar-refractivity contribution in [1.82, 2.24) is 25.0 Å². The summed E-state index contributed by atoms with van der Waals surface area (Å²) in [5.74, 6) is 1.25. The van der Waals surface area contributed by atoms with E-state index in [0.717, 1.165) is 49.7 Å². The first-order chi connectivity index (χ1) is 22.1. The Morgan fingerprint density at radius 2 is 1.62 bits per heavy atom. The van der Waals surface area contributed by atoms with E-state index in [1.54, 1.807) is 24.2 Å². The number of aromatic nitrogens is 4. The highest BCUT2D eigenvalue weighted by molar-refractivity contribution is 5.69. The lowest BCUT2D eigenvalue weighted by Crippen LogP contribution is -2.55. The molecule has 2 aromatic heterocycles. The maximum atomic E-state index is 11.9. The molecule has 0 radical (unpaired) electrons. The minimum absolute atomic E-state index is 0.0828. The van der Waals surface area contributed by atoms with Crippen LogP contribution in [-0.4, -0.2) is 81.1 Å². The Balaban J connectivity index is 0.000000289. The largest absolute Gasteiger partial charge is 0.460 e. The summed E-state index contributed by atoms with van der Waals surface area (Å²) in [7, 11) is 0. The lowest BCUT2D eigenvalue weighted by molar-refractivity contribution is -0.154. The molecule has 0 aliphatic carbocycles. The van der Waals surface area contributed by atoms with Crippen LogP contribution in [0.4, 0.5) is 19.5 Å². The van der Waals surface area contributed by atoms with Gasteiger partial charge in [0.05, 0.1) is 30.9 Å². The number of ether oxygens (including phenoxy) is 3. The van der Waals surface area contributed by atoms with Gasteiger partial charge in [0.2, 0.25) is 11.8 Å². The highest BCUT2D eigenvalue weighted by atomic mass is 19.1. The van der Waals surface area contributed by atoms with Crippen molar-refractivity contribution >= 4 is 18.0 Å². The number of carbonyl (C=O) groups excluding carboxylic acids is 2. The fourth-order valence-electron chi connectivity index (χ4n) is 4.37. The quantitative estimate of drug-likeness (QED) is 0.261. The van der Waals surface area contributed by atoms with Gasteiger partial charge in [-0.05, 0) is 78.1 Å². The molecule has 1 aromatic carbocycles. The predicted octanol–water partition coefficient (Wildman–Crippen LogP) is 6.38. The SMILES string of the molecule is CC1CCN(c2ncc(-c3noc(C(C)OC4CN(C(=O)OC(C)C)C4)n3)cn2)C1.CCC(=O)OC(C)(C)C.Fc1ccc(F)cc1. The lowest BCUT2D eigenvalue weighted by Gasteiger charge is -2.39. The van der Waals surface area contributed by atoms with Crippen molar-refractivity contribution in [2.45, 2.75) is 92.1 Å². The van der Waals surface area contributed by atoms with Gasteiger partial charge in [0, 0.05) is 31.9 Å². The van der Waals surface area contributed by atoms with Gasteiger partial charge in [0.25, 0.3) is 5.89 Å². The van der Waals surface area contributed by atoms with Crippen LogP contribution in [0.2, 0.25) is 0 Å². The number of anilines is 1. The first kappa shape index (κ1) is 37.3. The summed E-state index contributed by atoms with van der Waals surface area (Å²) in [5.41, 5.74) is 0.368. The van der Waals surface area contributed by atoms with Gasteiger partial charge in [0.15, 0.2) is 0 Å². The maximum absolute atomic E-state index is 11.9. The van der Waals surface area contributed by atoms with Crippen molar-refractivity contribution < 1.29 is 37.1 Å². The van der Waals surface area contributed by atoms with Gasteiger partial charge in [0.1, 0.15) is 23.3 Å². The van der Waals surface area contributed by atoms with E-state index in [-0.39, 0.29) is 36.0 Å². The van der Waals surface area contributed by atoms with Crippen LogP contribution in [-0.2, 0) is 19.0 Å². The van der Waals surface area contributed by atoms with Crippen molar-refractivity contribution in [1.29, 1.82) is 0 Å². The van der Waals surface area contributed by atoms with E-state index in [2.05, 4.69) is 31.9 Å². The standard InChI is InChI=1S/C20H28N6O4.C7H14O2.C6H4F2/c1-12(2)28-20(27)26-10-16(11-26)29-14(4)18-23-17(24-30-18)15-7-21-19(22-8-15)25-6-5-13(3)9-25;1-5-6(8)9-7(2,3)4;7-5-1-2-6(8)4-3-5/h7-8,12-14,16H,5-6,9-11H2,1-4H3;5H2,1-4H3;1-4H. The summed E-state index contributed by atoms with van der Waals surface area (Å²) in [6.07, 6.45) is 4.14. The van der Waals surface area contributed by atoms with E-state index in [4.69, 9.17) is 18.7 Å². The maximum Gasteiger partial charge on any atom is 0.410 e. The van der Waals surface area contributed by atoms with Gasteiger partial charge < -0.3 is 28.5 Å². The van der Waals surface area contributed by atoms with E-state index in [0.29, 0.717) is 42.7 Å². The molecule has 2 atom stereocenters. The molecule has 0 spiro atoms. The smallest absolute Gasteiger partial charge is 0.410 e. The van der Waals surface area contributed by atoms with Gasteiger partial charge in [-0.15, -0.1) is 0 Å². The molecule has 258 valence electrons. The van der Waals surface area contributed by atoms with E-state index in [1.165, 1.54) is 0 Å². The van der Waals surface area contributed by atoms with Crippen LogP contribution in [0.25, 0.3) is 11.4 Å². The number of hydrogen-bond acceptors (Lipinski definition) is 11. The van der Waals surface area contributed by atoms with Crippen LogP contribution in [0.3, 0.4) is 0 Å². The number of nitrogens with zero attached hydrogens (tertiary/aromatic N) is 6. The highest BCUT2D eigenvalue weighted by Crippen LogP contribution is 2.25. The monoisotopic (exact) mass is 660 g/mol. The molecule has 2 fully saturated rings. The van der Waals surface area contributed by atoms with Gasteiger partial charge in [-0.2, -0.15) is 4.98 Å². The zero-order valence-electron chi connectivity index (χ0n) is 28.4. The van der Waals surface area contributed by atoms with Crippen molar-refractivity contribution in [3.63, 3.8) is 0 Å². The molecular weight excluding hydrogens is 614 g/mol. The third-order valence-corrected chi connectivity index (χ3v) is 6.74. The summed E-state index contributed by atoms with van der Waals surface area (Å²) in [5, 5.41) is 4.03. The number of carbonyl (C=O) groups is 2. The summed E-state index contributed by atoms with van der Waals surface area (Å²) in [6.45, 7) is 18.0. The van der Waals surface area contributed by atoms with Crippen LogP contribution in [0.15, 0.2) is 41.2 Å². The third-order valence-electron chi connectivity index (χ3n) is 6.74. The number of hydrogen-bond donors (Lipinski definition) is 0. The van der Waals surface area contributed by atoms with Crippen LogP contribution >= 0.6 is 0 Å². The molecule has 12 nitrogen and oxygen atoms in total. The van der Waals surface area contributed by atoms with Gasteiger partial charge in [-0.1, -0.05) is 19.0 Å². The molecule has 0 saturated carbocycles. The Morgan fingerprint density at radius 1 is 1.02 bits per heavy atom. The molecule has 0 N–H and O–H groups in total. The minimum Gasteiger partial charge on any atom is -0.460 e. The summed E-state index contributed by atoms with van der Waals surface area (Å²) < 4.78 is 45.2. The van der Waals surface area contributed by atoms with Crippen LogP contribution < -0.4 is 4.90 Å². The first-order valence-electron chi connectivity index (χ1n) is 15.8. The second kappa shape index (κ2) is 17.1. The van der Waals surface area contributed by atoms with Crippen molar-refractivity contribution in [3.8, 4) is 11.4 Å². The average Bonchev–Trinajstić information content (AvgIpc) is 3.65. The van der Waals surface area contributed by atoms with Crippen molar-refractivity contribution in [2.75, 3.05) is 31.1 Å².